The molecule has 4 amide bonds. The average Bonchev–Trinajstić information content (AvgIpc) is 3.79. The van der Waals surface area contributed by atoms with E-state index < -0.39 is 35.6 Å². The summed E-state index contributed by atoms with van der Waals surface area (Å²) in [5.41, 5.74) is 0.211. The first-order chi connectivity index (χ1) is 35.4. The molecule has 4 aromatic rings. The number of alkyl halides is 7. The molecule has 0 bridgehead atoms. The highest BCUT2D eigenvalue weighted by Crippen LogP contribution is 2.36. The maximum atomic E-state index is 13.8. The van der Waals surface area contributed by atoms with Crippen molar-refractivity contribution < 1.29 is 55.1 Å². The minimum Gasteiger partial charge on any atom is -0.367 e. The molecule has 0 aromatic heterocycles. The number of hydrogen-bond acceptors (Lipinski definition) is 8. The first-order valence-corrected chi connectivity index (χ1v) is 26.5. The van der Waals surface area contributed by atoms with Crippen molar-refractivity contribution in [1.29, 1.82) is 0 Å². The number of likely N-dealkylation sites (tertiary alicyclic amines) is 1. The zero-order chi connectivity index (χ0) is 54.9. The fourth-order valence-corrected chi connectivity index (χ4v) is 10.7. The second kappa shape index (κ2) is 25.8. The van der Waals surface area contributed by atoms with Crippen LogP contribution in [0.25, 0.3) is 0 Å². The van der Waals surface area contributed by atoms with Crippen molar-refractivity contribution in [2.45, 2.75) is 88.9 Å². The molecule has 1 N–H and O–H groups in total. The Kier molecular flexibility index (Phi) is 20.4. The van der Waals surface area contributed by atoms with Crippen LogP contribution < -0.4 is 15.1 Å². The monoisotopic (exact) mass is 1190 g/mol. The molecule has 3 saturated heterocycles. The number of carbonyl (C=O) groups excluding carboxylic acids is 6. The molecule has 7 rings (SSSR count). The van der Waals surface area contributed by atoms with Crippen LogP contribution >= 0.6 is 62.3 Å². The summed E-state index contributed by atoms with van der Waals surface area (Å²) < 4.78 is 78.6. The lowest BCUT2D eigenvalue weighted by atomic mass is 10.0. The molecule has 0 radical (unpaired) electrons. The molecule has 75 heavy (non-hydrogen) atoms. The van der Waals surface area contributed by atoms with Gasteiger partial charge < -0.3 is 29.8 Å². The molecule has 3 fully saturated rings. The lowest BCUT2D eigenvalue weighted by Crippen LogP contribution is -2.59. The van der Waals surface area contributed by atoms with Crippen LogP contribution in [0.3, 0.4) is 0 Å². The van der Waals surface area contributed by atoms with Crippen LogP contribution in [0.15, 0.2) is 72.8 Å². The zero-order valence-corrected chi connectivity index (χ0v) is 45.2. The number of nitrogens with zero attached hydrogens (tertiary/aromatic N) is 5. The Bertz CT molecular complexity index is 2760. The van der Waals surface area contributed by atoms with Gasteiger partial charge in [-0.25, -0.2) is 0 Å². The molecule has 2 unspecified atom stereocenters. The third-order valence-corrected chi connectivity index (χ3v) is 15.0. The Hall–Kier alpha value is -5.08. The summed E-state index contributed by atoms with van der Waals surface area (Å²) in [5, 5.41) is 5.19. The Balaban J connectivity index is 0.000000244. The number of piperazine rings is 2. The highest BCUT2D eigenvalue weighted by Gasteiger charge is 2.40. The van der Waals surface area contributed by atoms with Crippen LogP contribution in [0.1, 0.15) is 82.5 Å². The van der Waals surface area contributed by atoms with E-state index in [0.29, 0.717) is 112 Å². The van der Waals surface area contributed by atoms with Crippen molar-refractivity contribution in [3.63, 3.8) is 0 Å². The van der Waals surface area contributed by atoms with Crippen molar-refractivity contribution in [2.75, 3.05) is 60.9 Å². The molecule has 4 atom stereocenters. The van der Waals surface area contributed by atoms with Gasteiger partial charge in [-0.15, -0.1) is 0 Å². The van der Waals surface area contributed by atoms with Gasteiger partial charge in [-0.3, -0.25) is 28.8 Å². The first kappa shape index (κ1) is 59.2. The van der Waals surface area contributed by atoms with E-state index in [9.17, 15) is 55.1 Å². The summed E-state index contributed by atoms with van der Waals surface area (Å²) >= 11 is 28.0. The van der Waals surface area contributed by atoms with E-state index in [1.165, 1.54) is 12.1 Å². The quantitative estimate of drug-likeness (QED) is 0.0708. The molecule has 3 aliphatic heterocycles. The minimum atomic E-state index is -4.56. The summed E-state index contributed by atoms with van der Waals surface area (Å²) in [5.74, 6) is -0.857. The Labute approximate surface area is 458 Å². The summed E-state index contributed by atoms with van der Waals surface area (Å²) in [7, 11) is 0. The molecular formula is C52H53BrCl4F6N6O6. The maximum absolute atomic E-state index is 13.8. The van der Waals surface area contributed by atoms with Gasteiger partial charge in [0.05, 0.1) is 11.1 Å². The molecule has 3 aliphatic rings. The predicted octanol–water partition coefficient (Wildman–Crippen LogP) is 10.9. The van der Waals surface area contributed by atoms with Crippen LogP contribution in [0.4, 0.5) is 37.7 Å². The molecule has 0 aliphatic carbocycles. The molecule has 0 spiro atoms. The number of hydrogen-bond donors (Lipinski definition) is 1. The number of rotatable bonds is 15. The lowest BCUT2D eigenvalue weighted by molar-refractivity contribution is -0.145. The predicted molar refractivity (Wildman–Crippen MR) is 280 cm³/mol. The van der Waals surface area contributed by atoms with E-state index in [1.807, 2.05) is 18.7 Å². The van der Waals surface area contributed by atoms with Crippen molar-refractivity contribution >= 4 is 110 Å². The summed E-state index contributed by atoms with van der Waals surface area (Å²) in [6.07, 6.45) is -5.99. The van der Waals surface area contributed by atoms with Crippen LogP contribution in [-0.4, -0.2) is 126 Å². The van der Waals surface area contributed by atoms with Gasteiger partial charge in [0.25, 0.3) is 0 Å². The van der Waals surface area contributed by atoms with E-state index in [1.54, 1.807) is 56.0 Å². The fourth-order valence-electron chi connectivity index (χ4n) is 9.45. The number of carbonyl (C=O) groups is 6. The molecule has 23 heteroatoms. The lowest BCUT2D eigenvalue weighted by Gasteiger charge is -2.43. The summed E-state index contributed by atoms with van der Waals surface area (Å²) in [4.78, 5) is 84.3. The smallest absolute Gasteiger partial charge is 0.367 e. The van der Waals surface area contributed by atoms with Gasteiger partial charge in [0.2, 0.25) is 23.6 Å². The molecular weight excluding hydrogens is 1140 g/mol. The van der Waals surface area contributed by atoms with Crippen LogP contribution in [0.2, 0.25) is 20.1 Å². The van der Waals surface area contributed by atoms with Gasteiger partial charge in [-0.05, 0) is 98.5 Å². The third-order valence-electron chi connectivity index (χ3n) is 13.3. The molecule has 4 aromatic carbocycles. The Morgan fingerprint density at radius 2 is 1.16 bits per heavy atom. The average molecular weight is 1190 g/mol. The maximum Gasteiger partial charge on any atom is 0.416 e. The fraction of sp³-hybridized carbons (Fsp3) is 0.423. The number of nitrogens with one attached hydrogen (secondary N) is 1. The van der Waals surface area contributed by atoms with Gasteiger partial charge in [0, 0.05) is 132 Å². The van der Waals surface area contributed by atoms with Gasteiger partial charge >= 0.3 is 12.4 Å². The Morgan fingerprint density at radius 3 is 1.57 bits per heavy atom. The standard InChI is InChI=1S/C26H27BrCl2F3N3O3.C26H26Cl2F3N3O3/c1-16-14-34(23-7-5-19(26(30,31)32)11-18(23)15-36)9-10-35(16)25(38)22(33-24(37)3-2-8-27)12-17-4-6-20(28)13-21(17)29;1-16-14-32(22-7-5-19(26(29,30)31)11-18(22)15-35)9-10-33(16)25(37)23(34-8-2-3-24(34)36)12-17-4-6-20(27)13-21(17)28/h4-7,11,13,15-16,22H,2-3,8-10,12,14H2,1H3,(H,33,37);4-7,11,13,15-16,23H,2-3,8-10,12,14H2,1H3/t16?,22-;16?,23-/m11/s1. The van der Waals surface area contributed by atoms with Crippen molar-refractivity contribution in [3.05, 3.63) is 126 Å². The molecule has 404 valence electrons. The highest BCUT2D eigenvalue weighted by molar-refractivity contribution is 9.09. The van der Waals surface area contributed by atoms with Crippen LogP contribution in [0, 0.1) is 0 Å². The van der Waals surface area contributed by atoms with Crippen molar-refractivity contribution in [3.8, 4) is 0 Å². The topological polar surface area (TPSA) is 131 Å². The molecule has 0 saturated carbocycles. The van der Waals surface area contributed by atoms with E-state index in [2.05, 4.69) is 21.2 Å². The van der Waals surface area contributed by atoms with E-state index in [4.69, 9.17) is 46.4 Å². The van der Waals surface area contributed by atoms with Crippen LogP contribution in [-0.2, 0) is 44.4 Å². The van der Waals surface area contributed by atoms with Gasteiger partial charge in [-0.2, -0.15) is 26.3 Å². The van der Waals surface area contributed by atoms with E-state index in [0.717, 1.165) is 24.3 Å². The zero-order valence-electron chi connectivity index (χ0n) is 40.6. The summed E-state index contributed by atoms with van der Waals surface area (Å²) in [6.45, 7) is 5.90. The minimum absolute atomic E-state index is 0.0558. The first-order valence-electron chi connectivity index (χ1n) is 23.9. The van der Waals surface area contributed by atoms with Gasteiger partial charge in [0.1, 0.15) is 12.1 Å². The van der Waals surface area contributed by atoms with Crippen molar-refractivity contribution in [2.24, 2.45) is 0 Å². The highest BCUT2D eigenvalue weighted by atomic mass is 79.9. The Morgan fingerprint density at radius 1 is 0.680 bits per heavy atom. The largest absolute Gasteiger partial charge is 0.416 e. The molecule has 12 nitrogen and oxygen atoms in total. The third kappa shape index (κ3) is 15.1. The van der Waals surface area contributed by atoms with Gasteiger partial charge in [0.15, 0.2) is 12.6 Å². The van der Waals surface area contributed by atoms with Crippen molar-refractivity contribution in [1.82, 2.24) is 20.0 Å². The number of aldehydes is 2. The van der Waals surface area contributed by atoms with E-state index >= 15 is 0 Å². The number of amides is 4. The van der Waals surface area contributed by atoms with E-state index in [-0.39, 0.29) is 79.2 Å². The molecule has 3 heterocycles. The second-order valence-electron chi connectivity index (χ2n) is 18.4. The normalized spacial score (nSPS) is 18.0. The summed E-state index contributed by atoms with van der Waals surface area (Å²) in [6, 6.07) is 13.9. The SMILES string of the molecule is CC1CN(c2ccc(C(F)(F)F)cc2C=O)CCN1C(=O)[C@@H](Cc1ccc(Cl)cc1Cl)N1CCCC1=O.CC1CN(c2ccc(C(F)(F)F)cc2C=O)CCN1C(=O)[C@@H](Cc1ccc(Cl)cc1Cl)NC(=O)CCCBr. The second-order valence-corrected chi connectivity index (χ2v) is 20.9. The number of benzene rings is 4. The number of anilines is 2. The number of halogens is 11. The van der Waals surface area contributed by atoms with Crippen LogP contribution in [0.5, 0.6) is 0 Å². The van der Waals surface area contributed by atoms with Gasteiger partial charge in [-0.1, -0.05) is 74.5 Å².